The van der Waals surface area contributed by atoms with E-state index in [1.165, 1.54) is 50.5 Å². The molecule has 9 heteroatoms. The van der Waals surface area contributed by atoms with Gasteiger partial charge in [-0.25, -0.2) is 13.2 Å². The van der Waals surface area contributed by atoms with Crippen LogP contribution in [0.4, 0.5) is 0 Å². The Balaban J connectivity index is 2.47. The Bertz CT molecular complexity index is 813. The summed E-state index contributed by atoms with van der Waals surface area (Å²) in [5, 5.41) is 9.30. The van der Waals surface area contributed by atoms with Crippen LogP contribution in [0.1, 0.15) is 37.0 Å². The maximum Gasteiger partial charge on any atom is 0.329 e. The van der Waals surface area contributed by atoms with Crippen LogP contribution in [0.25, 0.3) is 0 Å². The lowest BCUT2D eigenvalue weighted by molar-refractivity contribution is -0.147. The second-order valence-corrected chi connectivity index (χ2v) is 8.61. The molecule has 0 spiro atoms. The minimum atomic E-state index is -3.79. The molecule has 1 aliphatic rings. The summed E-state index contributed by atoms with van der Waals surface area (Å²) in [4.78, 5) is 25.1. The summed E-state index contributed by atoms with van der Waals surface area (Å²) in [6.45, 7) is 3.66. The van der Waals surface area contributed by atoms with Crippen molar-refractivity contribution in [3.8, 4) is 5.75 Å². The summed E-state index contributed by atoms with van der Waals surface area (Å²) in [5.41, 5.74) is -1.36. The molecule has 2 rings (SSSR count). The fourth-order valence-electron chi connectivity index (χ4n) is 2.67. The average Bonchev–Trinajstić information content (AvgIpc) is 3.15. The number of carbonyl (C=O) groups excluding carboxylic acids is 1. The first-order chi connectivity index (χ1) is 12.0. The summed E-state index contributed by atoms with van der Waals surface area (Å²) in [6.07, 6.45) is 1.57. The minimum Gasteiger partial charge on any atom is -0.495 e. The predicted molar refractivity (Wildman–Crippen MR) is 94.8 cm³/mol. The molecule has 1 N–H and O–H groups in total. The van der Waals surface area contributed by atoms with Crippen molar-refractivity contribution in [2.24, 2.45) is 0 Å². The number of benzene rings is 1. The lowest BCUT2D eigenvalue weighted by atomic mass is 10.0. The van der Waals surface area contributed by atoms with Gasteiger partial charge in [-0.15, -0.1) is 0 Å². The molecule has 1 heterocycles. The average molecular weight is 384 g/mol. The lowest BCUT2D eigenvalue weighted by Crippen LogP contribution is -2.50. The van der Waals surface area contributed by atoms with Crippen LogP contribution in [0.3, 0.4) is 0 Å². The van der Waals surface area contributed by atoms with Gasteiger partial charge in [-0.05, 0) is 44.9 Å². The Kier molecular flexibility index (Phi) is 5.62. The van der Waals surface area contributed by atoms with Gasteiger partial charge in [0.25, 0.3) is 5.91 Å². The number of rotatable bonds is 6. The summed E-state index contributed by atoms with van der Waals surface area (Å²) >= 11 is 0. The van der Waals surface area contributed by atoms with E-state index < -0.39 is 27.4 Å². The molecule has 0 aromatic heterocycles. The molecule has 1 aliphatic heterocycles. The van der Waals surface area contributed by atoms with Crippen molar-refractivity contribution in [3.05, 3.63) is 23.8 Å². The van der Waals surface area contributed by atoms with E-state index in [1.54, 1.807) is 0 Å². The number of likely N-dealkylation sites (N-methyl/N-ethyl adjacent to an activating group) is 1. The third kappa shape index (κ3) is 3.54. The van der Waals surface area contributed by atoms with Gasteiger partial charge < -0.3 is 14.7 Å². The molecule has 0 bridgehead atoms. The van der Waals surface area contributed by atoms with Gasteiger partial charge in [0.15, 0.2) is 0 Å². The van der Waals surface area contributed by atoms with Crippen molar-refractivity contribution in [1.82, 2.24) is 9.21 Å². The van der Waals surface area contributed by atoms with Crippen molar-refractivity contribution < 1.29 is 27.9 Å². The second kappa shape index (κ2) is 7.24. The van der Waals surface area contributed by atoms with E-state index in [0.717, 1.165) is 17.7 Å². The summed E-state index contributed by atoms with van der Waals surface area (Å²) in [6, 6.07) is 4.10. The second-order valence-electron chi connectivity index (χ2n) is 6.71. The fraction of sp³-hybridized carbons (Fsp3) is 0.529. The quantitative estimate of drug-likeness (QED) is 0.795. The highest BCUT2D eigenvalue weighted by atomic mass is 32.2. The van der Waals surface area contributed by atoms with Crippen LogP contribution in [0.2, 0.25) is 0 Å². The molecule has 0 radical (unpaired) electrons. The zero-order valence-electron chi connectivity index (χ0n) is 15.4. The number of carbonyl (C=O) groups is 2. The van der Waals surface area contributed by atoms with Crippen LogP contribution in [-0.4, -0.2) is 67.4 Å². The molecule has 1 aromatic carbocycles. The van der Waals surface area contributed by atoms with Gasteiger partial charge in [-0.2, -0.15) is 4.31 Å². The number of sulfonamides is 1. The van der Waals surface area contributed by atoms with Crippen LogP contribution in [-0.2, 0) is 14.8 Å². The molecule has 1 saturated heterocycles. The Morgan fingerprint density at radius 1 is 1.23 bits per heavy atom. The first-order valence-electron chi connectivity index (χ1n) is 8.23. The zero-order valence-corrected chi connectivity index (χ0v) is 16.2. The van der Waals surface area contributed by atoms with E-state index in [4.69, 9.17) is 4.74 Å². The number of ether oxygens (including phenoxy) is 1. The van der Waals surface area contributed by atoms with Crippen molar-refractivity contribution in [2.45, 2.75) is 37.1 Å². The SMILES string of the molecule is COc1ccc(C(=O)N(C)C(C)(C)C(=O)O)cc1S(=O)(=O)N1CCCC1. The number of hydrogen-bond acceptors (Lipinski definition) is 5. The number of aliphatic carboxylic acids is 1. The number of methoxy groups -OCH3 is 1. The summed E-state index contributed by atoms with van der Waals surface area (Å²) in [5.74, 6) is -1.60. The first-order valence-corrected chi connectivity index (χ1v) is 9.67. The van der Waals surface area contributed by atoms with Crippen LogP contribution >= 0.6 is 0 Å². The van der Waals surface area contributed by atoms with E-state index in [1.807, 2.05) is 0 Å². The molecule has 26 heavy (non-hydrogen) atoms. The van der Waals surface area contributed by atoms with Gasteiger partial charge in [0.05, 0.1) is 7.11 Å². The number of carboxylic acids is 1. The fourth-order valence-corrected chi connectivity index (χ4v) is 4.37. The van der Waals surface area contributed by atoms with Crippen LogP contribution < -0.4 is 4.74 Å². The molecule has 1 amide bonds. The molecule has 0 atom stereocenters. The molecule has 0 unspecified atom stereocenters. The molecule has 0 saturated carbocycles. The van der Waals surface area contributed by atoms with Crippen LogP contribution in [0, 0.1) is 0 Å². The van der Waals surface area contributed by atoms with Gasteiger partial charge >= 0.3 is 5.97 Å². The largest absolute Gasteiger partial charge is 0.495 e. The maximum absolute atomic E-state index is 12.9. The van der Waals surface area contributed by atoms with Gasteiger partial charge in [0, 0.05) is 25.7 Å². The van der Waals surface area contributed by atoms with E-state index in [2.05, 4.69) is 0 Å². The van der Waals surface area contributed by atoms with Crippen molar-refractivity contribution in [3.63, 3.8) is 0 Å². The molecular formula is C17H24N2O6S. The summed E-state index contributed by atoms with van der Waals surface area (Å²) in [7, 11) is -1.06. The molecule has 1 fully saturated rings. The molecule has 0 aliphatic carbocycles. The Hall–Kier alpha value is -2.13. The predicted octanol–water partition coefficient (Wildman–Crippen LogP) is 1.41. The van der Waals surface area contributed by atoms with Crippen molar-refractivity contribution >= 4 is 21.9 Å². The Labute approximate surface area is 153 Å². The van der Waals surface area contributed by atoms with Crippen molar-refractivity contribution in [2.75, 3.05) is 27.2 Å². The third-order valence-electron chi connectivity index (χ3n) is 4.76. The van der Waals surface area contributed by atoms with Crippen LogP contribution in [0.5, 0.6) is 5.75 Å². The standard InChI is InChI=1S/C17H24N2O6S/c1-17(2,16(21)22)18(3)15(20)12-7-8-13(25-4)14(11-12)26(23,24)19-9-5-6-10-19/h7-8,11H,5-6,9-10H2,1-4H3,(H,21,22). The number of amides is 1. The topological polar surface area (TPSA) is 104 Å². The van der Waals surface area contributed by atoms with Crippen LogP contribution in [0.15, 0.2) is 23.1 Å². The maximum atomic E-state index is 12.9. The van der Waals surface area contributed by atoms with Gasteiger partial charge in [0.2, 0.25) is 10.0 Å². The molecule has 1 aromatic rings. The van der Waals surface area contributed by atoms with E-state index in [9.17, 15) is 23.1 Å². The number of carboxylic acid groups (broad SMARTS) is 1. The van der Waals surface area contributed by atoms with Gasteiger partial charge in [0.1, 0.15) is 16.2 Å². The highest BCUT2D eigenvalue weighted by Gasteiger charge is 2.37. The monoisotopic (exact) mass is 384 g/mol. The molecule has 8 nitrogen and oxygen atoms in total. The highest BCUT2D eigenvalue weighted by molar-refractivity contribution is 7.89. The van der Waals surface area contributed by atoms with E-state index >= 15 is 0 Å². The van der Waals surface area contributed by atoms with E-state index in [-0.39, 0.29) is 16.2 Å². The molecule has 144 valence electrons. The minimum absolute atomic E-state index is 0.0837. The third-order valence-corrected chi connectivity index (χ3v) is 6.68. The Morgan fingerprint density at radius 2 is 1.81 bits per heavy atom. The van der Waals surface area contributed by atoms with E-state index in [0.29, 0.717) is 13.1 Å². The van der Waals surface area contributed by atoms with Crippen molar-refractivity contribution in [1.29, 1.82) is 0 Å². The number of hydrogen-bond donors (Lipinski definition) is 1. The molecular weight excluding hydrogens is 360 g/mol. The smallest absolute Gasteiger partial charge is 0.329 e. The summed E-state index contributed by atoms with van der Waals surface area (Å²) < 4.78 is 32.3. The number of nitrogens with zero attached hydrogens (tertiary/aromatic N) is 2. The Morgan fingerprint density at radius 3 is 2.31 bits per heavy atom. The first kappa shape index (κ1) is 20.2. The highest BCUT2D eigenvalue weighted by Crippen LogP contribution is 2.30. The van der Waals surface area contributed by atoms with Gasteiger partial charge in [-0.1, -0.05) is 0 Å². The normalized spacial score (nSPS) is 15.7. The van der Waals surface area contributed by atoms with Gasteiger partial charge in [-0.3, -0.25) is 4.79 Å². The lowest BCUT2D eigenvalue weighted by Gasteiger charge is -2.31. The zero-order chi connectivity index (χ0) is 19.7.